The molecule has 0 amide bonds. The second-order valence-electron chi connectivity index (χ2n) is 7.14. The Morgan fingerprint density at radius 3 is 2.30 bits per heavy atom. The van der Waals surface area contributed by atoms with Crippen molar-refractivity contribution in [3.63, 3.8) is 0 Å². The monoisotopic (exact) mass is 388 g/mol. The van der Waals surface area contributed by atoms with Crippen molar-refractivity contribution in [1.29, 1.82) is 0 Å². The van der Waals surface area contributed by atoms with Gasteiger partial charge in [0, 0.05) is 0 Å². The fourth-order valence-corrected chi connectivity index (χ4v) is 3.36. The lowest BCUT2D eigenvalue weighted by atomic mass is 9.85. The number of alkyl halides is 3. The van der Waals surface area contributed by atoms with E-state index in [0.29, 0.717) is 5.92 Å². The lowest BCUT2D eigenvalue weighted by Gasteiger charge is -2.21. The molecule has 0 saturated heterocycles. The van der Waals surface area contributed by atoms with Crippen molar-refractivity contribution >= 4 is 0 Å². The molecule has 2 fully saturated rings. The molecule has 0 bridgehead atoms. The topological polar surface area (TPSA) is 27.7 Å². The van der Waals surface area contributed by atoms with Crippen molar-refractivity contribution in [1.82, 2.24) is 0 Å². The molecule has 1 aromatic rings. The molecule has 0 atom stereocenters. The van der Waals surface area contributed by atoms with E-state index in [1.54, 1.807) is 6.08 Å². The summed E-state index contributed by atoms with van der Waals surface area (Å²) in [4.78, 5) is 0. The minimum atomic E-state index is -5.02. The lowest BCUT2D eigenvalue weighted by molar-refractivity contribution is -0.276. The predicted molar refractivity (Wildman–Crippen MR) is 92.5 cm³/mol. The van der Waals surface area contributed by atoms with Crippen LogP contribution in [0.15, 0.2) is 24.3 Å². The fourth-order valence-electron chi connectivity index (χ4n) is 3.36. The maximum atomic E-state index is 14.6. The molecule has 150 valence electrons. The van der Waals surface area contributed by atoms with Crippen LogP contribution in [0.5, 0.6) is 17.2 Å². The molecule has 0 N–H and O–H groups in total. The summed E-state index contributed by atoms with van der Waals surface area (Å²) in [7, 11) is 0. The first-order valence-electron chi connectivity index (χ1n) is 9.43. The molecule has 7 heteroatoms. The molecular weight excluding hydrogens is 364 g/mol. The molecular formula is C20H24F4O3. The molecule has 0 aromatic heterocycles. The smallest absolute Gasteiger partial charge is 0.489 e. The lowest BCUT2D eigenvalue weighted by Crippen LogP contribution is -2.19. The molecule has 0 radical (unpaired) electrons. The van der Waals surface area contributed by atoms with E-state index in [2.05, 4.69) is 4.74 Å². The summed E-state index contributed by atoms with van der Waals surface area (Å²) in [5.74, 6) is -1.92. The van der Waals surface area contributed by atoms with E-state index in [0.717, 1.165) is 38.5 Å². The summed E-state index contributed by atoms with van der Waals surface area (Å²) >= 11 is 0. The largest absolute Gasteiger partial charge is 0.573 e. The van der Waals surface area contributed by atoms with Crippen molar-refractivity contribution < 1.29 is 31.8 Å². The Morgan fingerprint density at radius 1 is 0.963 bits per heavy atom. The van der Waals surface area contributed by atoms with Gasteiger partial charge in [-0.05, 0) is 49.7 Å². The first-order chi connectivity index (χ1) is 12.9. The predicted octanol–water partition coefficient (Wildman–Crippen LogP) is 6.03. The summed E-state index contributed by atoms with van der Waals surface area (Å²) in [6.45, 7) is 0.332. The molecule has 0 unspecified atom stereocenters. The quantitative estimate of drug-likeness (QED) is 0.402. The number of ether oxygens (including phenoxy) is 3. The number of hydrogen-bond acceptors (Lipinski definition) is 3. The molecule has 0 spiro atoms. The van der Waals surface area contributed by atoms with Crippen molar-refractivity contribution in [2.24, 2.45) is 11.8 Å². The van der Waals surface area contributed by atoms with Crippen LogP contribution in [-0.4, -0.2) is 19.6 Å². The van der Waals surface area contributed by atoms with Crippen molar-refractivity contribution in [2.45, 2.75) is 51.3 Å². The van der Waals surface area contributed by atoms with Gasteiger partial charge in [0.05, 0.1) is 6.61 Å². The number of hydrogen-bond donors (Lipinski definition) is 0. The van der Waals surface area contributed by atoms with Gasteiger partial charge in [-0.15, -0.1) is 13.2 Å². The Balaban J connectivity index is 1.68. The number of allylic oxidation sites excluding steroid dienone is 1. The second-order valence-corrected chi connectivity index (χ2v) is 7.14. The Morgan fingerprint density at radius 2 is 1.67 bits per heavy atom. The first-order valence-corrected chi connectivity index (χ1v) is 9.43. The van der Waals surface area contributed by atoms with Gasteiger partial charge in [-0.25, -0.2) is 0 Å². The molecule has 3 nitrogen and oxygen atoms in total. The average molecular weight is 388 g/mol. The highest BCUT2D eigenvalue weighted by molar-refractivity contribution is 5.47. The third kappa shape index (κ3) is 5.78. The standard InChI is InChI=1S/C20H24F4O3/c21-18-16(25-12-4-9-14-7-3-8-14)10-11-17(19(18)27-20(22,23)24)26-13-15-5-1-2-6-15/h4,9-11,14-15H,1-3,5-8,12-13H2/b9-4+. The van der Waals surface area contributed by atoms with Gasteiger partial charge in [-0.3, -0.25) is 0 Å². The molecule has 0 heterocycles. The van der Waals surface area contributed by atoms with Crippen molar-refractivity contribution in [3.05, 3.63) is 30.1 Å². The number of benzene rings is 1. The maximum Gasteiger partial charge on any atom is 0.573 e. The molecule has 1 aromatic carbocycles. The van der Waals surface area contributed by atoms with Crippen molar-refractivity contribution in [3.8, 4) is 17.2 Å². The zero-order chi connectivity index (χ0) is 19.3. The summed E-state index contributed by atoms with van der Waals surface area (Å²) in [5, 5.41) is 0. The van der Waals surface area contributed by atoms with E-state index in [1.165, 1.54) is 18.6 Å². The van der Waals surface area contributed by atoms with Gasteiger partial charge in [0.2, 0.25) is 11.6 Å². The molecule has 2 aliphatic carbocycles. The van der Waals surface area contributed by atoms with Crippen molar-refractivity contribution in [2.75, 3.05) is 13.2 Å². The van der Waals surface area contributed by atoms with E-state index < -0.39 is 17.9 Å². The molecule has 3 rings (SSSR count). The minimum absolute atomic E-state index is 0.0845. The van der Waals surface area contributed by atoms with E-state index in [-0.39, 0.29) is 30.6 Å². The summed E-state index contributed by atoms with van der Waals surface area (Å²) in [5.41, 5.74) is 0. The Bertz CT molecular complexity index is 647. The van der Waals surface area contributed by atoms with Crippen LogP contribution < -0.4 is 14.2 Å². The average Bonchev–Trinajstić information content (AvgIpc) is 3.07. The van der Waals surface area contributed by atoms with E-state index in [4.69, 9.17) is 9.47 Å². The van der Waals surface area contributed by atoms with Crippen LogP contribution in [0.2, 0.25) is 0 Å². The van der Waals surface area contributed by atoms with Gasteiger partial charge in [0.25, 0.3) is 0 Å². The Hall–Kier alpha value is -1.92. The second kappa shape index (κ2) is 8.85. The maximum absolute atomic E-state index is 14.6. The van der Waals surface area contributed by atoms with Gasteiger partial charge >= 0.3 is 6.36 Å². The Kier molecular flexibility index (Phi) is 6.50. The highest BCUT2D eigenvalue weighted by Crippen LogP contribution is 2.40. The molecule has 2 aliphatic rings. The molecule has 27 heavy (non-hydrogen) atoms. The van der Waals surface area contributed by atoms with Gasteiger partial charge in [0.15, 0.2) is 11.5 Å². The van der Waals surface area contributed by atoms with Gasteiger partial charge in [0.1, 0.15) is 6.61 Å². The van der Waals surface area contributed by atoms with Crippen LogP contribution in [0, 0.1) is 17.7 Å². The van der Waals surface area contributed by atoms with Gasteiger partial charge < -0.3 is 14.2 Å². The normalized spacial score (nSPS) is 18.7. The number of halogens is 4. The van der Waals surface area contributed by atoms with Gasteiger partial charge in [-0.2, -0.15) is 4.39 Å². The minimum Gasteiger partial charge on any atom is -0.489 e. The van der Waals surface area contributed by atoms with Crippen LogP contribution in [0.4, 0.5) is 17.6 Å². The zero-order valence-electron chi connectivity index (χ0n) is 15.1. The highest BCUT2D eigenvalue weighted by Gasteiger charge is 2.35. The van der Waals surface area contributed by atoms with E-state index >= 15 is 0 Å². The van der Waals surface area contributed by atoms with Gasteiger partial charge in [-0.1, -0.05) is 31.4 Å². The summed E-state index contributed by atoms with van der Waals surface area (Å²) in [6.07, 6.45) is 6.28. The Labute approximate surface area is 156 Å². The van der Waals surface area contributed by atoms with Crippen LogP contribution in [0.1, 0.15) is 44.9 Å². The zero-order valence-corrected chi connectivity index (χ0v) is 15.1. The highest BCUT2D eigenvalue weighted by atomic mass is 19.4. The summed E-state index contributed by atoms with van der Waals surface area (Å²) < 4.78 is 67.3. The van der Waals surface area contributed by atoms with Crippen LogP contribution in [0.25, 0.3) is 0 Å². The summed E-state index contributed by atoms with van der Waals surface area (Å²) in [6, 6.07) is 2.55. The van der Waals surface area contributed by atoms with Crippen LogP contribution in [-0.2, 0) is 0 Å². The first kappa shape index (κ1) is 19.8. The van der Waals surface area contributed by atoms with E-state index in [1.807, 2.05) is 6.08 Å². The molecule has 2 saturated carbocycles. The molecule has 0 aliphatic heterocycles. The third-order valence-electron chi connectivity index (χ3n) is 5.09. The fraction of sp³-hybridized carbons (Fsp3) is 0.600. The number of rotatable bonds is 8. The third-order valence-corrected chi connectivity index (χ3v) is 5.09. The van der Waals surface area contributed by atoms with Crippen LogP contribution >= 0.6 is 0 Å². The SMILES string of the molecule is Fc1c(OC/C=C/C2CCC2)ccc(OCC2CCCC2)c1OC(F)(F)F. The van der Waals surface area contributed by atoms with E-state index in [9.17, 15) is 17.6 Å². The van der Waals surface area contributed by atoms with Crippen LogP contribution in [0.3, 0.4) is 0 Å².